The molecule has 5 nitrogen and oxygen atoms in total. The molecule has 1 amide bonds. The minimum atomic E-state index is -1.10. The van der Waals surface area contributed by atoms with Crippen molar-refractivity contribution in [2.24, 2.45) is 5.92 Å². The molecule has 0 bridgehead atoms. The maximum atomic E-state index is 14.1. The number of imidazole rings is 1. The Hall–Kier alpha value is -2.87. The molecule has 1 aromatic carbocycles. The van der Waals surface area contributed by atoms with Crippen molar-refractivity contribution < 1.29 is 23.1 Å². The van der Waals surface area contributed by atoms with E-state index in [1.165, 1.54) is 13.1 Å². The predicted octanol–water partition coefficient (Wildman–Crippen LogP) is 3.38. The first-order chi connectivity index (χ1) is 12.9. The fourth-order valence-corrected chi connectivity index (χ4v) is 3.17. The van der Waals surface area contributed by atoms with Crippen molar-refractivity contribution in [1.82, 2.24) is 9.38 Å². The topological polar surface area (TPSA) is 66.6 Å². The SMILES string of the molecule is Cc1c(F)cc(F)c(CO)c1-c1ccc2nc(NC(=O)C3CC3F)cn2c1. The minimum Gasteiger partial charge on any atom is -0.392 e. The Labute approximate surface area is 152 Å². The number of hydrogen-bond donors (Lipinski definition) is 2. The Morgan fingerprint density at radius 3 is 2.74 bits per heavy atom. The van der Waals surface area contributed by atoms with E-state index < -0.39 is 36.2 Å². The zero-order valence-electron chi connectivity index (χ0n) is 14.3. The fraction of sp³-hybridized carbons (Fsp3) is 0.263. The average molecular weight is 375 g/mol. The Morgan fingerprint density at radius 1 is 1.33 bits per heavy atom. The minimum absolute atomic E-state index is 0.00427. The van der Waals surface area contributed by atoms with E-state index in [1.807, 2.05) is 0 Å². The van der Waals surface area contributed by atoms with Gasteiger partial charge in [0, 0.05) is 17.8 Å². The van der Waals surface area contributed by atoms with Gasteiger partial charge in [0.05, 0.1) is 18.7 Å². The van der Waals surface area contributed by atoms with Crippen LogP contribution in [0.4, 0.5) is 19.0 Å². The van der Waals surface area contributed by atoms with Crippen molar-refractivity contribution in [1.29, 1.82) is 0 Å². The molecule has 140 valence electrons. The highest BCUT2D eigenvalue weighted by atomic mass is 19.1. The molecule has 0 spiro atoms. The molecule has 1 saturated carbocycles. The van der Waals surface area contributed by atoms with Gasteiger partial charge in [-0.2, -0.15) is 0 Å². The van der Waals surface area contributed by atoms with Crippen molar-refractivity contribution >= 4 is 17.4 Å². The van der Waals surface area contributed by atoms with Gasteiger partial charge < -0.3 is 14.8 Å². The first-order valence-electron chi connectivity index (χ1n) is 8.41. The Bertz CT molecular complexity index is 1060. The number of rotatable bonds is 4. The number of aliphatic hydroxyl groups excluding tert-OH is 1. The van der Waals surface area contributed by atoms with Gasteiger partial charge in [-0.25, -0.2) is 18.2 Å². The monoisotopic (exact) mass is 375 g/mol. The van der Waals surface area contributed by atoms with Gasteiger partial charge in [0.2, 0.25) is 5.91 Å². The third-order valence-electron chi connectivity index (χ3n) is 4.78. The van der Waals surface area contributed by atoms with E-state index >= 15 is 0 Å². The summed E-state index contributed by atoms with van der Waals surface area (Å²) < 4.78 is 42.6. The number of nitrogens with one attached hydrogen (secondary N) is 1. The van der Waals surface area contributed by atoms with E-state index in [0.29, 0.717) is 11.2 Å². The molecule has 0 saturated heterocycles. The molecule has 2 unspecified atom stereocenters. The number of nitrogens with zero attached hydrogens (tertiary/aromatic N) is 2. The number of aromatic nitrogens is 2. The first-order valence-corrected chi connectivity index (χ1v) is 8.41. The van der Waals surface area contributed by atoms with E-state index in [9.17, 15) is 23.1 Å². The summed E-state index contributed by atoms with van der Waals surface area (Å²) in [5.41, 5.74) is 1.49. The second kappa shape index (κ2) is 6.38. The quantitative estimate of drug-likeness (QED) is 0.735. The smallest absolute Gasteiger partial charge is 0.231 e. The zero-order chi connectivity index (χ0) is 19.3. The van der Waals surface area contributed by atoms with Gasteiger partial charge in [0.25, 0.3) is 0 Å². The van der Waals surface area contributed by atoms with Crippen molar-refractivity contribution in [3.63, 3.8) is 0 Å². The number of alkyl halides is 1. The van der Waals surface area contributed by atoms with Crippen molar-refractivity contribution in [3.8, 4) is 11.1 Å². The number of fused-ring (bicyclic) bond motifs is 1. The summed E-state index contributed by atoms with van der Waals surface area (Å²) in [4.78, 5) is 16.1. The van der Waals surface area contributed by atoms with Crippen LogP contribution in [0.1, 0.15) is 17.5 Å². The molecule has 27 heavy (non-hydrogen) atoms. The van der Waals surface area contributed by atoms with Gasteiger partial charge in [-0.3, -0.25) is 4.79 Å². The number of benzene rings is 1. The lowest BCUT2D eigenvalue weighted by Crippen LogP contribution is -2.15. The predicted molar refractivity (Wildman–Crippen MR) is 92.8 cm³/mol. The maximum absolute atomic E-state index is 14.1. The molecule has 0 aliphatic heterocycles. The van der Waals surface area contributed by atoms with Crippen LogP contribution in [0.25, 0.3) is 16.8 Å². The van der Waals surface area contributed by atoms with Crippen LogP contribution in [0.2, 0.25) is 0 Å². The van der Waals surface area contributed by atoms with Gasteiger partial charge in [-0.15, -0.1) is 0 Å². The van der Waals surface area contributed by atoms with Gasteiger partial charge in [0.15, 0.2) is 5.82 Å². The normalized spacial score (nSPS) is 18.7. The third-order valence-corrected chi connectivity index (χ3v) is 4.78. The van der Waals surface area contributed by atoms with Crippen molar-refractivity contribution in [3.05, 3.63) is 53.4 Å². The van der Waals surface area contributed by atoms with Gasteiger partial charge in [-0.1, -0.05) is 0 Å². The van der Waals surface area contributed by atoms with Gasteiger partial charge in [0.1, 0.15) is 23.5 Å². The lowest BCUT2D eigenvalue weighted by Gasteiger charge is -2.13. The second-order valence-electron chi connectivity index (χ2n) is 6.63. The van der Waals surface area contributed by atoms with Crippen LogP contribution < -0.4 is 5.32 Å². The largest absolute Gasteiger partial charge is 0.392 e. The highest BCUT2D eigenvalue weighted by Gasteiger charge is 2.43. The van der Waals surface area contributed by atoms with Crippen LogP contribution in [0.3, 0.4) is 0 Å². The number of amides is 1. The van der Waals surface area contributed by atoms with E-state index in [1.54, 1.807) is 22.7 Å². The van der Waals surface area contributed by atoms with Gasteiger partial charge in [-0.05, 0) is 42.2 Å². The third kappa shape index (κ3) is 3.06. The highest BCUT2D eigenvalue weighted by Crippen LogP contribution is 2.35. The Kier molecular flexibility index (Phi) is 4.15. The average Bonchev–Trinajstić information content (AvgIpc) is 3.23. The summed E-state index contributed by atoms with van der Waals surface area (Å²) in [6.45, 7) is 0.938. The number of carbonyl (C=O) groups excluding carboxylic acids is 1. The molecule has 3 aromatic rings. The Balaban J connectivity index is 1.73. The summed E-state index contributed by atoms with van der Waals surface area (Å²) in [5.74, 6) is -2.31. The number of aliphatic hydroxyl groups is 1. The molecule has 2 N–H and O–H groups in total. The Morgan fingerprint density at radius 2 is 2.07 bits per heavy atom. The van der Waals surface area contributed by atoms with Crippen LogP contribution in [0.15, 0.2) is 30.6 Å². The molecule has 1 aliphatic carbocycles. The number of hydrogen-bond acceptors (Lipinski definition) is 3. The van der Waals surface area contributed by atoms with Crippen LogP contribution in [-0.2, 0) is 11.4 Å². The van der Waals surface area contributed by atoms with Crippen molar-refractivity contribution in [2.75, 3.05) is 5.32 Å². The summed E-state index contributed by atoms with van der Waals surface area (Å²) in [5, 5.41) is 12.1. The van der Waals surface area contributed by atoms with Crippen molar-refractivity contribution in [2.45, 2.75) is 26.1 Å². The zero-order valence-corrected chi connectivity index (χ0v) is 14.3. The number of pyridine rings is 1. The molecule has 1 aliphatic rings. The molecule has 0 radical (unpaired) electrons. The molecule has 2 heterocycles. The molecule has 4 rings (SSSR count). The summed E-state index contributed by atoms with van der Waals surface area (Å²) in [6.07, 6.45) is 2.26. The summed E-state index contributed by atoms with van der Waals surface area (Å²) in [6, 6.07) is 4.01. The van der Waals surface area contributed by atoms with E-state index in [0.717, 1.165) is 6.07 Å². The second-order valence-corrected chi connectivity index (χ2v) is 6.63. The number of anilines is 1. The fourth-order valence-electron chi connectivity index (χ4n) is 3.17. The standard InChI is InChI=1S/C19H16F3N3O2/c1-9-13(20)5-15(22)12(8-26)18(9)10-2-3-17-23-16(7-25(17)6-10)24-19(27)11-4-14(11)21/h2-3,5-7,11,14,26H,4,8H2,1H3,(H,24,27). The summed E-state index contributed by atoms with van der Waals surface area (Å²) >= 11 is 0. The number of halogens is 3. The van der Waals surface area contributed by atoms with E-state index in [2.05, 4.69) is 10.3 Å². The lowest BCUT2D eigenvalue weighted by atomic mass is 9.95. The maximum Gasteiger partial charge on any atom is 0.231 e. The number of carbonyl (C=O) groups is 1. The van der Waals surface area contributed by atoms with E-state index in [4.69, 9.17) is 0 Å². The molecule has 2 aromatic heterocycles. The van der Waals surface area contributed by atoms with E-state index in [-0.39, 0.29) is 28.9 Å². The molecule has 1 fully saturated rings. The molecular weight excluding hydrogens is 359 g/mol. The first kappa shape index (κ1) is 17.5. The van der Waals surface area contributed by atoms with Crippen LogP contribution in [0, 0.1) is 24.5 Å². The van der Waals surface area contributed by atoms with Crippen LogP contribution in [-0.4, -0.2) is 26.6 Å². The van der Waals surface area contributed by atoms with Gasteiger partial charge >= 0.3 is 0 Å². The molecular formula is C19H16F3N3O2. The van der Waals surface area contributed by atoms with Crippen LogP contribution in [0.5, 0.6) is 0 Å². The summed E-state index contributed by atoms with van der Waals surface area (Å²) in [7, 11) is 0. The molecule has 2 atom stereocenters. The molecule has 8 heteroatoms. The lowest BCUT2D eigenvalue weighted by molar-refractivity contribution is -0.117. The van der Waals surface area contributed by atoms with Crippen LogP contribution >= 0.6 is 0 Å². The highest BCUT2D eigenvalue weighted by molar-refractivity contribution is 5.94.